The van der Waals surface area contributed by atoms with Crippen molar-refractivity contribution in [3.63, 3.8) is 0 Å². The van der Waals surface area contributed by atoms with Crippen LogP contribution in [0.2, 0.25) is 0 Å². The smallest absolute Gasteiger partial charge is 0.398 e. The van der Waals surface area contributed by atoms with Crippen LogP contribution in [0.4, 0.5) is 18.9 Å². The fourth-order valence-electron chi connectivity index (χ4n) is 1.88. The summed E-state index contributed by atoms with van der Waals surface area (Å²) in [5.74, 6) is 1.51. The molecule has 1 aliphatic carbocycles. The summed E-state index contributed by atoms with van der Waals surface area (Å²) in [6, 6.07) is 3.19. The van der Waals surface area contributed by atoms with Gasteiger partial charge in [0.05, 0.1) is 5.56 Å². The van der Waals surface area contributed by atoms with Crippen LogP contribution in [-0.4, -0.2) is 15.2 Å². The van der Waals surface area contributed by atoms with Crippen LogP contribution in [0.5, 0.6) is 0 Å². The third-order valence-corrected chi connectivity index (χ3v) is 3.09. The Balaban J connectivity index is 1.95. The zero-order chi connectivity index (χ0) is 13.6. The van der Waals surface area contributed by atoms with E-state index in [2.05, 4.69) is 15.2 Å². The second-order valence-electron chi connectivity index (χ2n) is 4.62. The molecule has 0 spiro atoms. The number of anilines is 1. The number of benzene rings is 1. The SMILES string of the molecule is Nc1cc(C(F)(F)F)ccc1-c1n[nH]c(C2CC2)n1. The number of nitrogens with one attached hydrogen (secondary N) is 1. The van der Waals surface area contributed by atoms with Crippen molar-refractivity contribution in [2.45, 2.75) is 24.9 Å². The predicted molar refractivity (Wildman–Crippen MR) is 63.2 cm³/mol. The summed E-state index contributed by atoms with van der Waals surface area (Å²) in [6.07, 6.45) is -2.26. The van der Waals surface area contributed by atoms with E-state index < -0.39 is 11.7 Å². The number of alkyl halides is 3. The van der Waals surface area contributed by atoms with Crippen molar-refractivity contribution in [3.05, 3.63) is 29.6 Å². The van der Waals surface area contributed by atoms with Gasteiger partial charge in [0.2, 0.25) is 0 Å². The lowest BCUT2D eigenvalue weighted by Crippen LogP contribution is -2.06. The molecular weight excluding hydrogens is 257 g/mol. The summed E-state index contributed by atoms with van der Waals surface area (Å²) in [5.41, 5.74) is 5.32. The summed E-state index contributed by atoms with van der Waals surface area (Å²) < 4.78 is 37.6. The van der Waals surface area contributed by atoms with E-state index in [1.54, 1.807) is 0 Å². The molecule has 1 aromatic heterocycles. The average Bonchev–Trinajstić information content (AvgIpc) is 3.07. The van der Waals surface area contributed by atoms with Gasteiger partial charge in [-0.05, 0) is 31.0 Å². The lowest BCUT2D eigenvalue weighted by Gasteiger charge is -2.08. The summed E-state index contributed by atoms with van der Waals surface area (Å²) in [4.78, 5) is 4.27. The number of aromatic amines is 1. The molecular formula is C12H11F3N4. The van der Waals surface area contributed by atoms with Crippen LogP contribution in [0.3, 0.4) is 0 Å². The van der Waals surface area contributed by atoms with Gasteiger partial charge in [-0.1, -0.05) is 0 Å². The quantitative estimate of drug-likeness (QED) is 0.823. The number of rotatable bonds is 2. The van der Waals surface area contributed by atoms with Crippen molar-refractivity contribution in [2.75, 3.05) is 5.73 Å². The first-order valence-corrected chi connectivity index (χ1v) is 5.84. The molecule has 2 aromatic rings. The van der Waals surface area contributed by atoms with Gasteiger partial charge < -0.3 is 5.73 Å². The van der Waals surface area contributed by atoms with Crippen molar-refractivity contribution >= 4 is 5.69 Å². The molecule has 0 aliphatic heterocycles. The van der Waals surface area contributed by atoms with Crippen LogP contribution in [0.15, 0.2) is 18.2 Å². The van der Waals surface area contributed by atoms with E-state index in [1.807, 2.05) is 0 Å². The highest BCUT2D eigenvalue weighted by Crippen LogP contribution is 2.39. The highest BCUT2D eigenvalue weighted by Gasteiger charge is 2.31. The molecule has 0 radical (unpaired) electrons. The number of nitrogens with zero attached hydrogens (tertiary/aromatic N) is 2. The average molecular weight is 268 g/mol. The zero-order valence-electron chi connectivity index (χ0n) is 9.83. The summed E-state index contributed by atoms with van der Waals surface area (Å²) in [7, 11) is 0. The molecule has 19 heavy (non-hydrogen) atoms. The second kappa shape index (κ2) is 3.97. The first-order valence-electron chi connectivity index (χ1n) is 5.84. The van der Waals surface area contributed by atoms with Gasteiger partial charge in [-0.15, -0.1) is 0 Å². The lowest BCUT2D eigenvalue weighted by molar-refractivity contribution is -0.137. The van der Waals surface area contributed by atoms with Gasteiger partial charge in [0.25, 0.3) is 0 Å². The molecule has 100 valence electrons. The van der Waals surface area contributed by atoms with E-state index >= 15 is 0 Å². The van der Waals surface area contributed by atoms with Gasteiger partial charge in [0, 0.05) is 17.2 Å². The van der Waals surface area contributed by atoms with E-state index in [-0.39, 0.29) is 5.69 Å². The monoisotopic (exact) mass is 268 g/mol. The molecule has 1 fully saturated rings. The molecule has 0 bridgehead atoms. The highest BCUT2D eigenvalue weighted by atomic mass is 19.4. The van der Waals surface area contributed by atoms with Gasteiger partial charge in [0.1, 0.15) is 5.82 Å². The van der Waals surface area contributed by atoms with Crippen LogP contribution in [0.1, 0.15) is 30.1 Å². The largest absolute Gasteiger partial charge is 0.416 e. The van der Waals surface area contributed by atoms with Crippen LogP contribution < -0.4 is 5.73 Å². The maximum absolute atomic E-state index is 12.5. The zero-order valence-corrected chi connectivity index (χ0v) is 9.83. The van der Waals surface area contributed by atoms with E-state index in [4.69, 9.17) is 5.73 Å². The second-order valence-corrected chi connectivity index (χ2v) is 4.62. The molecule has 0 amide bonds. The van der Waals surface area contributed by atoms with Crippen molar-refractivity contribution < 1.29 is 13.2 Å². The number of nitrogens with two attached hydrogens (primary N) is 1. The Bertz CT molecular complexity index is 614. The number of hydrogen-bond acceptors (Lipinski definition) is 3. The fourth-order valence-corrected chi connectivity index (χ4v) is 1.88. The Morgan fingerprint density at radius 2 is 2.00 bits per heavy atom. The minimum Gasteiger partial charge on any atom is -0.398 e. The Labute approximate surface area is 106 Å². The van der Waals surface area contributed by atoms with Gasteiger partial charge in [0.15, 0.2) is 5.82 Å². The molecule has 7 heteroatoms. The topological polar surface area (TPSA) is 67.6 Å². The van der Waals surface area contributed by atoms with Crippen LogP contribution in [0, 0.1) is 0 Å². The molecule has 0 unspecified atom stereocenters. The molecule has 3 rings (SSSR count). The molecule has 0 atom stereocenters. The summed E-state index contributed by atoms with van der Waals surface area (Å²) >= 11 is 0. The molecule has 3 N–H and O–H groups in total. The van der Waals surface area contributed by atoms with Crippen LogP contribution in [-0.2, 0) is 6.18 Å². The fraction of sp³-hybridized carbons (Fsp3) is 0.333. The van der Waals surface area contributed by atoms with Gasteiger partial charge in [-0.25, -0.2) is 4.98 Å². The van der Waals surface area contributed by atoms with E-state index in [0.717, 1.165) is 30.8 Å². The van der Waals surface area contributed by atoms with E-state index in [9.17, 15) is 13.2 Å². The first kappa shape index (κ1) is 12.0. The van der Waals surface area contributed by atoms with E-state index in [0.29, 0.717) is 17.3 Å². The number of H-pyrrole nitrogens is 1. The molecule has 0 saturated heterocycles. The normalized spacial score (nSPS) is 15.7. The molecule has 1 saturated carbocycles. The molecule has 1 aromatic carbocycles. The third-order valence-electron chi connectivity index (χ3n) is 3.09. The lowest BCUT2D eigenvalue weighted by atomic mass is 10.1. The number of nitrogen functional groups attached to an aromatic ring is 1. The maximum atomic E-state index is 12.5. The van der Waals surface area contributed by atoms with Gasteiger partial charge >= 0.3 is 6.18 Å². The van der Waals surface area contributed by atoms with E-state index in [1.165, 1.54) is 6.07 Å². The molecule has 1 heterocycles. The summed E-state index contributed by atoms with van der Waals surface area (Å²) in [5, 5.41) is 6.80. The minimum absolute atomic E-state index is 0.0242. The Hall–Kier alpha value is -2.05. The summed E-state index contributed by atoms with van der Waals surface area (Å²) in [6.45, 7) is 0. The standard InChI is InChI=1S/C12H11F3N4/c13-12(14,15)7-3-4-8(9(16)5-7)11-17-10(18-19-11)6-1-2-6/h3-6H,1-2,16H2,(H,17,18,19). The van der Waals surface area contributed by atoms with Crippen molar-refractivity contribution in [1.82, 2.24) is 15.2 Å². The Morgan fingerprint density at radius 3 is 2.58 bits per heavy atom. The van der Waals surface area contributed by atoms with Crippen molar-refractivity contribution in [2.24, 2.45) is 0 Å². The maximum Gasteiger partial charge on any atom is 0.416 e. The van der Waals surface area contributed by atoms with Crippen molar-refractivity contribution in [3.8, 4) is 11.4 Å². The van der Waals surface area contributed by atoms with Crippen molar-refractivity contribution in [1.29, 1.82) is 0 Å². The minimum atomic E-state index is -4.40. The Morgan fingerprint density at radius 1 is 1.26 bits per heavy atom. The number of aromatic nitrogens is 3. The first-order chi connectivity index (χ1) is 8.95. The third kappa shape index (κ3) is 2.27. The van der Waals surface area contributed by atoms with Gasteiger partial charge in [-0.2, -0.15) is 18.3 Å². The predicted octanol–water partition coefficient (Wildman–Crippen LogP) is 2.95. The van der Waals surface area contributed by atoms with Crippen LogP contribution in [0.25, 0.3) is 11.4 Å². The Kier molecular flexibility index (Phi) is 2.51. The molecule has 4 nitrogen and oxygen atoms in total. The number of hydrogen-bond donors (Lipinski definition) is 2. The number of halogens is 3. The van der Waals surface area contributed by atoms with Crippen LogP contribution >= 0.6 is 0 Å². The molecule has 1 aliphatic rings. The highest BCUT2D eigenvalue weighted by molar-refractivity contribution is 5.72. The van der Waals surface area contributed by atoms with Gasteiger partial charge in [-0.3, -0.25) is 5.10 Å².